The lowest BCUT2D eigenvalue weighted by Crippen LogP contribution is -2.65. The number of aliphatic hydroxyl groups excluding tert-OH is 1. The van der Waals surface area contributed by atoms with Gasteiger partial charge in [-0.3, -0.25) is 43.2 Å². The molecule has 2 bridgehead atoms. The monoisotopic (exact) mass is 1020 g/mol. The maximum Gasteiger partial charge on any atom is 0.497 e. The van der Waals surface area contributed by atoms with Crippen molar-refractivity contribution in [1.82, 2.24) is 36.8 Å². The molecule has 24 nitrogen and oxygen atoms in total. The highest BCUT2D eigenvalue weighted by Gasteiger charge is 2.68. The number of nitrogens with one attached hydrogen (secondary N) is 6. The van der Waals surface area contributed by atoms with E-state index in [1.54, 1.807) is 24.3 Å². The third kappa shape index (κ3) is 14.4. The minimum atomic E-state index is -1.90. The average Bonchev–Trinajstić information content (AvgIpc) is 3.72. The van der Waals surface area contributed by atoms with Gasteiger partial charge in [0, 0.05) is 19.0 Å². The van der Waals surface area contributed by atoms with Gasteiger partial charge in [-0.1, -0.05) is 63.6 Å². The standard InChI is InChI=1S/C48H70BN11O13/c1-6-7-9-25-12-14-26(15-13-25)27-16-18-28(19-17-27)40(66)56-31(24-61)42(68)57-38(51)44(70)54-23-36(63)60(5)32(10-8-11-37(64)65)43(69)58-39(52)45(71)55-30(22-35(50)62)41(67)59-46(53)49-72-34-21-29-20-33(47(29,2)3)48(34,4)73-49/h12-19,29-34,38-39,46,61H,6-11,20-24,51-53H2,1-5H3,(H2,50,62)(H,54,70)(H,55,71)(H,56,66)(H,57,68)(H,58,69)(H,59,67)(H,64,65)/t29-,30-,31+,32-,33-,34?,38-,39+,46+,48-/m0/s1. The van der Waals surface area contributed by atoms with E-state index in [-0.39, 0.29) is 35.8 Å². The molecule has 73 heavy (non-hydrogen) atoms. The number of hydrogen-bond donors (Lipinski definition) is 12. The van der Waals surface area contributed by atoms with Crippen LogP contribution in [0.4, 0.5) is 0 Å². The summed E-state index contributed by atoms with van der Waals surface area (Å²) in [4.78, 5) is 117. The third-order valence-corrected chi connectivity index (χ3v) is 14.3. The molecule has 0 radical (unpaired) electrons. The molecule has 3 saturated carbocycles. The van der Waals surface area contributed by atoms with E-state index in [1.807, 2.05) is 19.1 Å². The van der Waals surface area contributed by atoms with Crippen LogP contribution in [0.1, 0.15) is 95.0 Å². The van der Waals surface area contributed by atoms with Crippen molar-refractivity contribution in [1.29, 1.82) is 0 Å². The van der Waals surface area contributed by atoms with Gasteiger partial charge in [-0.15, -0.1) is 0 Å². The van der Waals surface area contributed by atoms with E-state index in [2.05, 4.69) is 64.8 Å². The van der Waals surface area contributed by atoms with Crippen LogP contribution in [0.5, 0.6) is 0 Å². The molecule has 0 aromatic heterocycles. The summed E-state index contributed by atoms with van der Waals surface area (Å²) in [5.74, 6) is -8.38. The smallest absolute Gasteiger partial charge is 0.481 e. The zero-order valence-corrected chi connectivity index (χ0v) is 41.8. The van der Waals surface area contributed by atoms with Gasteiger partial charge in [-0.2, -0.15) is 0 Å². The molecule has 2 aromatic rings. The summed E-state index contributed by atoms with van der Waals surface area (Å²) >= 11 is 0. The summed E-state index contributed by atoms with van der Waals surface area (Å²) in [5.41, 5.74) is 26.2. The highest BCUT2D eigenvalue weighted by molar-refractivity contribution is 6.47. The lowest BCUT2D eigenvalue weighted by molar-refractivity contribution is -0.199. The summed E-state index contributed by atoms with van der Waals surface area (Å²) in [5, 5.41) is 32.9. The Morgan fingerprint density at radius 1 is 0.781 bits per heavy atom. The van der Waals surface area contributed by atoms with Crippen molar-refractivity contribution in [2.75, 3.05) is 20.2 Å². The Balaban J connectivity index is 1.11. The van der Waals surface area contributed by atoms with Crippen molar-refractivity contribution < 1.29 is 62.7 Å². The van der Waals surface area contributed by atoms with Crippen molar-refractivity contribution in [3.8, 4) is 11.1 Å². The number of carboxylic acids is 1. The number of hydrogen-bond acceptors (Lipinski definition) is 15. The number of amides is 8. The maximum atomic E-state index is 13.6. The van der Waals surface area contributed by atoms with E-state index < -0.39 is 128 Å². The van der Waals surface area contributed by atoms with Crippen LogP contribution in [0.25, 0.3) is 11.1 Å². The van der Waals surface area contributed by atoms with Crippen LogP contribution < -0.4 is 54.8 Å². The topological polar surface area (TPSA) is 392 Å². The van der Waals surface area contributed by atoms with E-state index >= 15 is 0 Å². The molecule has 0 spiro atoms. The van der Waals surface area contributed by atoms with E-state index in [9.17, 15) is 53.4 Å². The molecular formula is C48H70BN11O13. The van der Waals surface area contributed by atoms with Crippen LogP contribution in [-0.2, 0) is 54.1 Å². The molecule has 1 heterocycles. The molecule has 1 unspecified atom stereocenters. The molecule has 4 fully saturated rings. The van der Waals surface area contributed by atoms with Crippen molar-refractivity contribution >= 4 is 60.3 Å². The first-order chi connectivity index (χ1) is 34.4. The molecule has 10 atom stereocenters. The number of benzene rings is 2. The summed E-state index contributed by atoms with van der Waals surface area (Å²) in [7, 11) is 0.114. The van der Waals surface area contributed by atoms with Crippen molar-refractivity contribution in [3.05, 3.63) is 59.7 Å². The minimum Gasteiger partial charge on any atom is -0.481 e. The lowest BCUT2D eigenvalue weighted by Gasteiger charge is -2.64. The third-order valence-electron chi connectivity index (χ3n) is 14.3. The van der Waals surface area contributed by atoms with Crippen LogP contribution in [0.15, 0.2) is 48.5 Å². The Morgan fingerprint density at radius 3 is 1.97 bits per heavy atom. The van der Waals surface area contributed by atoms with Gasteiger partial charge in [-0.25, -0.2) is 0 Å². The van der Waals surface area contributed by atoms with Crippen molar-refractivity contribution in [2.45, 2.75) is 134 Å². The average molecular weight is 1020 g/mol. The van der Waals surface area contributed by atoms with E-state index in [0.29, 0.717) is 5.92 Å². The number of nitrogens with zero attached hydrogens (tertiary/aromatic N) is 1. The van der Waals surface area contributed by atoms with Crippen molar-refractivity contribution in [3.63, 3.8) is 0 Å². The number of carboxylic acid groups (broad SMARTS) is 1. The summed E-state index contributed by atoms with van der Waals surface area (Å²) in [6.07, 6.45) is -0.577. The highest BCUT2D eigenvalue weighted by atomic mass is 16.7. The van der Waals surface area contributed by atoms with Gasteiger partial charge in [0.15, 0.2) is 12.3 Å². The van der Waals surface area contributed by atoms with Crippen LogP contribution in [0.2, 0.25) is 0 Å². The fourth-order valence-electron chi connectivity index (χ4n) is 9.70. The first-order valence-corrected chi connectivity index (χ1v) is 24.4. The van der Waals surface area contributed by atoms with Gasteiger partial charge in [0.2, 0.25) is 29.5 Å². The molecular weight excluding hydrogens is 949 g/mol. The molecule has 3 aliphatic carbocycles. The number of aliphatic carboxylic acids is 1. The second-order valence-electron chi connectivity index (χ2n) is 19.7. The van der Waals surface area contributed by atoms with Crippen LogP contribution in [0, 0.1) is 17.3 Å². The molecule has 4 aliphatic rings. The van der Waals surface area contributed by atoms with Crippen LogP contribution in [0.3, 0.4) is 0 Å². The van der Waals surface area contributed by atoms with E-state index in [4.69, 9.17) is 32.2 Å². The van der Waals surface area contributed by atoms with Crippen LogP contribution >= 0.6 is 0 Å². The molecule has 25 heteroatoms. The molecule has 8 amide bonds. The van der Waals surface area contributed by atoms with Gasteiger partial charge in [0.25, 0.3) is 17.7 Å². The quantitative estimate of drug-likeness (QED) is 0.0352. The summed E-state index contributed by atoms with van der Waals surface area (Å²) < 4.78 is 12.4. The fraction of sp³-hybridized carbons (Fsp3) is 0.562. The second-order valence-corrected chi connectivity index (χ2v) is 19.7. The van der Waals surface area contributed by atoms with Gasteiger partial charge < -0.3 is 79.3 Å². The number of likely N-dealkylation sites (N-methyl/N-ethyl adjacent to an activating group) is 1. The van der Waals surface area contributed by atoms with E-state index in [0.717, 1.165) is 55.2 Å². The Morgan fingerprint density at radius 2 is 1.38 bits per heavy atom. The highest BCUT2D eigenvalue weighted by Crippen LogP contribution is 2.65. The van der Waals surface area contributed by atoms with Crippen molar-refractivity contribution in [2.24, 2.45) is 40.2 Å². The number of primary amides is 1. The molecule has 1 aliphatic heterocycles. The number of carbonyl (C=O) groups excluding carboxylic acids is 8. The molecule has 6 rings (SSSR count). The minimum absolute atomic E-state index is 0.0363. The van der Waals surface area contributed by atoms with Crippen LogP contribution in [-0.4, -0.2) is 144 Å². The lowest BCUT2D eigenvalue weighted by atomic mass is 9.43. The molecule has 398 valence electrons. The Hall–Kier alpha value is -6.51. The molecule has 2 aromatic carbocycles. The number of aliphatic hydroxyl groups is 1. The summed E-state index contributed by atoms with van der Waals surface area (Å²) in [6.45, 7) is 6.78. The SMILES string of the molecule is CCCCc1ccc(-c2ccc(C(=O)N[C@H](CO)C(=O)N[C@H](N)C(=O)NCC(=O)N(C)[C@@H](CCCC(=O)O)C(=O)N[C@@H](N)C(=O)N[C@@H](CC(N)=O)C(=O)N[C@@H](N)B3OC4C[C@@H]5C[C@@H](C5(C)C)[C@]4(C)O3)cc2)cc1. The largest absolute Gasteiger partial charge is 0.497 e. The Kier molecular flexibility index (Phi) is 19.6. The number of aryl methyl sites for hydroxylation is 1. The van der Waals surface area contributed by atoms with Gasteiger partial charge in [-0.05, 0) is 91.5 Å². The van der Waals surface area contributed by atoms with Gasteiger partial charge >= 0.3 is 13.1 Å². The second kappa shape index (κ2) is 24.9. The number of unbranched alkanes of at least 4 members (excludes halogenated alkanes) is 1. The van der Waals surface area contributed by atoms with E-state index in [1.165, 1.54) is 5.56 Å². The zero-order chi connectivity index (χ0) is 53.9. The summed E-state index contributed by atoms with van der Waals surface area (Å²) in [6, 6.07) is 8.82. The number of rotatable bonds is 26. The molecule has 1 saturated heterocycles. The Bertz CT molecular complexity index is 2360. The maximum absolute atomic E-state index is 13.6. The first-order valence-electron chi connectivity index (χ1n) is 24.4. The predicted molar refractivity (Wildman–Crippen MR) is 264 cm³/mol. The van der Waals surface area contributed by atoms with Gasteiger partial charge in [0.1, 0.15) is 24.2 Å². The normalized spacial score (nSPS) is 21.8. The zero-order valence-electron chi connectivity index (χ0n) is 41.8. The number of carbonyl (C=O) groups is 9. The first kappa shape index (κ1) is 57.4. The predicted octanol–water partition coefficient (Wildman–Crippen LogP) is -2.18. The Labute approximate surface area is 423 Å². The fourth-order valence-corrected chi connectivity index (χ4v) is 9.70. The molecule has 16 N–H and O–H groups in total. The number of nitrogens with two attached hydrogens (primary N) is 4. The van der Waals surface area contributed by atoms with Gasteiger partial charge in [0.05, 0.1) is 31.3 Å².